The Morgan fingerprint density at radius 2 is 0.733 bits per heavy atom. The number of amides is 7. The summed E-state index contributed by atoms with van der Waals surface area (Å²) in [5.41, 5.74) is 13.0. The number of benzene rings is 9. The number of isocyanates is 1. The van der Waals surface area contributed by atoms with Crippen molar-refractivity contribution in [3.05, 3.63) is 284 Å². The van der Waals surface area contributed by atoms with E-state index in [1.54, 1.807) is 95.5 Å². The topological polar surface area (TPSA) is 408 Å². The number of hydrogen-bond donors (Lipinski definition) is 6. The van der Waals surface area contributed by atoms with Gasteiger partial charge in [-0.1, -0.05) is 272 Å². The minimum Gasteiger partial charge on any atom is -0.870 e. The number of aryl methyl sites for hydroxylation is 3. The smallest absolute Gasteiger partial charge is 0.870 e. The summed E-state index contributed by atoms with van der Waals surface area (Å²) in [4.78, 5) is 115. The Bertz CT molecular complexity index is 6500. The van der Waals surface area contributed by atoms with E-state index >= 15 is 0 Å². The molecule has 3 saturated heterocycles. The Morgan fingerprint density at radius 1 is 0.445 bits per heavy atom. The van der Waals surface area contributed by atoms with Crippen LogP contribution in [0.3, 0.4) is 0 Å². The molecule has 31 nitrogen and oxygen atoms in total. The largest absolute Gasteiger partial charge is 1.00 e. The zero-order valence-corrected chi connectivity index (χ0v) is 86.2. The number of nitrogens with zero attached hydrogens (tertiary/aromatic N) is 6. The molecule has 0 bridgehead atoms. The second-order valence-corrected chi connectivity index (χ2v) is 34.1. The number of rotatable bonds is 27. The van der Waals surface area contributed by atoms with Gasteiger partial charge in [0.15, 0.2) is 22.9 Å². The SMILES string of the molecule is C.CC#CCC.CC#CCC.CCN=C=O.CCNC(=O)N1CC(C(=O)OCC)(c2ccc(-c3ccc(-c4onc(C)c4NC(=O)O[C@H](C)c4ccccc4Cl)cc3)cc2)C1.CCNC(=O)N1CC(OC=O)(c2ccc(-c3ccc(-c4onc(C)c4NC(=O)O[C@H](C)c4ccccc4Cl)cc3)cc2)C1.CCOC(=O)C1(c2ccc(-c3ccc(-c4onc(C)c4NC(=O)O[C@H](C)c4ccccc4Cl)cc3)cc2)CNC1.[Li+].[OH-]. The van der Waals surface area contributed by atoms with Crippen molar-refractivity contribution in [2.45, 2.75) is 159 Å². The zero-order valence-electron chi connectivity index (χ0n) is 83.9. The average molecular weight is 2040 g/mol. The van der Waals surface area contributed by atoms with E-state index in [-0.39, 0.29) is 88.6 Å². The Balaban J connectivity index is 0.000000274. The Labute approximate surface area is 878 Å². The number of likely N-dealkylation sites (tertiary alicyclic amines) is 2. The maximum absolute atomic E-state index is 13.0. The summed E-state index contributed by atoms with van der Waals surface area (Å²) in [6.45, 7) is 32.1. The Morgan fingerprint density at radius 3 is 0.986 bits per heavy atom. The molecule has 0 radical (unpaired) electrons. The van der Waals surface area contributed by atoms with E-state index in [0.717, 1.165) is 68.5 Å². The zero-order chi connectivity index (χ0) is 103. The molecule has 3 atom stereocenters. The fourth-order valence-electron chi connectivity index (χ4n) is 15.6. The predicted molar refractivity (Wildman–Crippen MR) is 561 cm³/mol. The summed E-state index contributed by atoms with van der Waals surface area (Å²) in [5, 5.41) is 30.7. The predicted octanol–water partition coefficient (Wildman–Crippen LogP) is 21.1. The molecule has 3 aliphatic rings. The number of ether oxygens (including phenoxy) is 6. The molecular weight excluding hydrogens is 1920 g/mol. The molecule has 0 aliphatic carbocycles. The van der Waals surface area contributed by atoms with Crippen LogP contribution < -0.4 is 50.8 Å². The maximum Gasteiger partial charge on any atom is 1.00 e. The number of carbonyl (C=O) groups excluding carboxylic acids is 9. The Kier molecular flexibility index (Phi) is 46.7. The van der Waals surface area contributed by atoms with Crippen LogP contribution in [0.15, 0.2) is 237 Å². The van der Waals surface area contributed by atoms with Gasteiger partial charge in [0.2, 0.25) is 6.08 Å². The fourth-order valence-corrected chi connectivity index (χ4v) is 16.5. The molecule has 0 saturated carbocycles. The second-order valence-electron chi connectivity index (χ2n) is 32.9. The molecule has 762 valence electrons. The first-order valence-corrected chi connectivity index (χ1v) is 47.8. The number of urea groups is 2. The van der Waals surface area contributed by atoms with E-state index < -0.39 is 53.0 Å². The van der Waals surface area contributed by atoms with Gasteiger partial charge in [-0.05, 0) is 158 Å². The number of esters is 2. The quantitative estimate of drug-likeness (QED) is 0.00529. The van der Waals surface area contributed by atoms with Crippen LogP contribution in [0, 0.1) is 44.5 Å². The molecule has 146 heavy (non-hydrogen) atoms. The van der Waals surface area contributed by atoms with Crippen molar-refractivity contribution in [3.8, 4) is 91.0 Å². The fraction of sp³-hybridized carbons (Fsp3) is 0.315. The molecule has 6 heterocycles. The molecule has 0 spiro atoms. The van der Waals surface area contributed by atoms with Crippen LogP contribution in [0.2, 0.25) is 15.1 Å². The first-order valence-electron chi connectivity index (χ1n) is 46.7. The van der Waals surface area contributed by atoms with Crippen LogP contribution in [0.25, 0.3) is 67.4 Å². The maximum atomic E-state index is 13.0. The van der Waals surface area contributed by atoms with Gasteiger partial charge in [0.1, 0.15) is 63.3 Å². The van der Waals surface area contributed by atoms with Crippen molar-refractivity contribution in [2.75, 3.05) is 88.1 Å². The summed E-state index contributed by atoms with van der Waals surface area (Å²) in [5.74, 6) is 11.9. The van der Waals surface area contributed by atoms with Gasteiger partial charge < -0.3 is 73.2 Å². The molecule has 35 heteroatoms. The number of anilines is 3. The van der Waals surface area contributed by atoms with E-state index in [4.69, 9.17) is 81.6 Å². The number of aromatic nitrogens is 3. The summed E-state index contributed by atoms with van der Waals surface area (Å²) in [6.07, 6.45) is -0.275. The van der Waals surface area contributed by atoms with Crippen molar-refractivity contribution in [1.29, 1.82) is 0 Å². The summed E-state index contributed by atoms with van der Waals surface area (Å²) in [6, 6.07) is 67.6. The summed E-state index contributed by atoms with van der Waals surface area (Å²) >= 11 is 18.7. The third-order valence-electron chi connectivity index (χ3n) is 23.3. The third kappa shape index (κ3) is 30.2. The van der Waals surface area contributed by atoms with Gasteiger partial charge in [0.25, 0.3) is 6.47 Å². The molecule has 7 amide bonds. The van der Waals surface area contributed by atoms with Crippen LogP contribution in [0.5, 0.6) is 0 Å². The van der Waals surface area contributed by atoms with Crippen LogP contribution in [0.4, 0.5) is 41.0 Å². The molecular formula is C111H122Cl3LiN12O19. The minimum absolute atomic E-state index is 0. The molecule has 15 rings (SSSR count). The number of halogens is 3. The van der Waals surface area contributed by atoms with Gasteiger partial charge in [0, 0.05) is 107 Å². The van der Waals surface area contributed by atoms with Crippen LogP contribution in [0.1, 0.15) is 172 Å². The molecule has 0 unspecified atom stereocenters. The number of nitrogens with one attached hydrogen (secondary N) is 6. The number of aliphatic imine (C=N–C) groups is 1. The van der Waals surface area contributed by atoms with Gasteiger partial charge in [0.05, 0.1) is 26.3 Å². The van der Waals surface area contributed by atoms with Crippen molar-refractivity contribution in [2.24, 2.45) is 4.99 Å². The average Bonchev–Trinajstić information content (AvgIpc) is 0.973. The van der Waals surface area contributed by atoms with Crippen molar-refractivity contribution in [1.82, 2.24) is 41.2 Å². The van der Waals surface area contributed by atoms with E-state index in [1.807, 2.05) is 237 Å². The summed E-state index contributed by atoms with van der Waals surface area (Å²) in [7, 11) is 0. The first kappa shape index (κ1) is 118. The molecule has 3 fully saturated rings. The van der Waals surface area contributed by atoms with E-state index in [2.05, 4.69) is 76.0 Å². The molecule has 3 aromatic heterocycles. The summed E-state index contributed by atoms with van der Waals surface area (Å²) < 4.78 is 49.5. The monoisotopic (exact) mass is 2040 g/mol. The molecule has 9 aromatic carbocycles. The van der Waals surface area contributed by atoms with E-state index in [9.17, 15) is 38.4 Å². The van der Waals surface area contributed by atoms with Crippen molar-refractivity contribution < 1.29 is 109 Å². The van der Waals surface area contributed by atoms with Gasteiger partial charge in [-0.15, -0.1) is 23.7 Å². The minimum atomic E-state index is -0.899. The van der Waals surface area contributed by atoms with Crippen LogP contribution >= 0.6 is 34.8 Å². The van der Waals surface area contributed by atoms with Crippen molar-refractivity contribution in [3.63, 3.8) is 0 Å². The second kappa shape index (κ2) is 57.7. The van der Waals surface area contributed by atoms with Crippen LogP contribution in [-0.4, -0.2) is 158 Å². The van der Waals surface area contributed by atoms with E-state index in [1.165, 1.54) is 6.08 Å². The molecule has 12 aromatic rings. The molecule has 7 N–H and O–H groups in total. The van der Waals surface area contributed by atoms with Gasteiger partial charge in [-0.25, -0.2) is 33.8 Å². The molecule has 3 aliphatic heterocycles. The van der Waals surface area contributed by atoms with Gasteiger partial charge in [-0.3, -0.25) is 30.3 Å². The standard InChI is InChI=1S/C34H35ClN4O6.C32H31ClN4O6.C31H30ClN3O5.2C5H8.C3H5NO.CH4.Li.H2O/c1-5-36-32(41)39-19-34(20-39,31(40)43-6-2)26-17-15-24(16-18-26)23-11-13-25(14-12-23)30-29(21(3)38-45-30)37-33(42)44-22(4)27-9-7-8-10-28(27)35;1-4-34-30(39)37-17-32(18-37,41-19-38)25-15-13-23(14-16-25)22-9-11-24(12-10-22)29-28(20(2)36-43-29)35-31(40)42-21(3)26-7-5-6-8-27(26)33;1-4-38-29(36)31(17-33-18-31)24-15-13-22(14-16-24)21-9-11-23(12-10-21)28-27(19(2)35-40-28)34-30(37)39-20(3)25-7-5-6-8-26(25)32;2*1-3-5-4-2;1-2-4-3-5;;;/h7-18,22H,5-6,19-20H2,1-4H3,(H,36,41)(H,37,42);5-16,19,21H,4,17-18H2,1-3H3,(H,34,39)(H,35,40);5-16,20,33H,4,17-18H2,1-3H3,(H,34,37);2*3H2,1-2H3;2H2,1H3;1H4;;1H2/q;;;;;;;+1;/p-1/t22-;21-;20-;;;;;;/m111....../s1. The third-order valence-corrected chi connectivity index (χ3v) is 24.3. The Hall–Kier alpha value is -14.7. The van der Waals surface area contributed by atoms with Crippen molar-refractivity contribution >= 4 is 107 Å². The van der Waals surface area contributed by atoms with Crippen LogP contribution in [-0.2, 0) is 64.0 Å². The van der Waals surface area contributed by atoms with E-state index in [0.29, 0.717) is 140 Å². The number of hydrogen-bond acceptors (Lipinski definition) is 24. The van der Waals surface area contributed by atoms with Gasteiger partial charge >= 0.3 is 61.1 Å². The van der Waals surface area contributed by atoms with Gasteiger partial charge in [-0.2, -0.15) is 0 Å². The first-order chi connectivity index (χ1) is 69.0. The number of carbonyl (C=O) groups is 8. The normalized spacial score (nSPS) is 13.1.